The highest BCUT2D eigenvalue weighted by atomic mass is 16.5. The summed E-state index contributed by atoms with van der Waals surface area (Å²) in [7, 11) is 0. The lowest BCUT2D eigenvalue weighted by atomic mass is 10.0. The second-order valence-electron chi connectivity index (χ2n) is 7.06. The summed E-state index contributed by atoms with van der Waals surface area (Å²) < 4.78 is 7.96. The van der Waals surface area contributed by atoms with Gasteiger partial charge in [0.2, 0.25) is 0 Å². The minimum atomic E-state index is 0.286. The Labute approximate surface area is 150 Å². The molecule has 6 heteroatoms. The van der Waals surface area contributed by atoms with Crippen LogP contribution in [0.1, 0.15) is 44.4 Å². The van der Waals surface area contributed by atoms with Crippen LogP contribution in [-0.4, -0.2) is 24.7 Å². The maximum atomic E-state index is 5.81. The topological polar surface area (TPSA) is 69.6 Å². The van der Waals surface area contributed by atoms with Crippen molar-refractivity contribution in [3.8, 4) is 22.5 Å². The number of rotatable bonds is 4. The minimum Gasteiger partial charge on any atom is -0.360 e. The zero-order valence-corrected chi connectivity index (χ0v) is 14.8. The van der Waals surface area contributed by atoms with Crippen molar-refractivity contribution in [3.63, 3.8) is 0 Å². The number of nitrogens with zero attached hydrogens (tertiary/aromatic N) is 5. The highest BCUT2D eigenvalue weighted by Crippen LogP contribution is 2.48. The van der Waals surface area contributed by atoms with Crippen LogP contribution in [0.5, 0.6) is 0 Å². The minimum absolute atomic E-state index is 0.286. The fourth-order valence-electron chi connectivity index (χ4n) is 3.44. The van der Waals surface area contributed by atoms with Gasteiger partial charge in [0.1, 0.15) is 23.4 Å². The molecule has 4 aromatic rings. The van der Waals surface area contributed by atoms with Gasteiger partial charge in [0, 0.05) is 41.5 Å². The number of hydrogen-bond acceptors (Lipinski definition) is 5. The lowest BCUT2D eigenvalue weighted by molar-refractivity contribution is 0.387. The van der Waals surface area contributed by atoms with E-state index in [1.54, 1.807) is 6.33 Å². The smallest absolute Gasteiger partial charge is 0.149 e. The average molecular weight is 345 g/mol. The van der Waals surface area contributed by atoms with Crippen molar-refractivity contribution in [2.24, 2.45) is 0 Å². The summed E-state index contributed by atoms with van der Waals surface area (Å²) in [6, 6.07) is 6.22. The second-order valence-corrected chi connectivity index (χ2v) is 7.06. The Bertz CT molecular complexity index is 1080. The molecule has 0 bridgehead atoms. The Kier molecular flexibility index (Phi) is 3.38. The van der Waals surface area contributed by atoms with Crippen LogP contribution in [0, 0.1) is 0 Å². The summed E-state index contributed by atoms with van der Waals surface area (Å²) in [6.45, 7) is 4.28. The molecule has 1 saturated carbocycles. The predicted octanol–water partition coefficient (Wildman–Crippen LogP) is 4.61. The van der Waals surface area contributed by atoms with Crippen molar-refractivity contribution in [3.05, 3.63) is 48.9 Å². The van der Waals surface area contributed by atoms with Crippen molar-refractivity contribution in [1.82, 2.24) is 24.7 Å². The van der Waals surface area contributed by atoms with Gasteiger partial charge < -0.3 is 9.09 Å². The molecule has 26 heavy (non-hydrogen) atoms. The summed E-state index contributed by atoms with van der Waals surface area (Å²) in [4.78, 5) is 13.3. The molecule has 6 nitrogen and oxygen atoms in total. The fraction of sp³-hybridized carbons (Fsp3) is 0.300. The van der Waals surface area contributed by atoms with Crippen LogP contribution in [0.25, 0.3) is 33.5 Å². The monoisotopic (exact) mass is 345 g/mol. The first-order valence-electron chi connectivity index (χ1n) is 8.96. The van der Waals surface area contributed by atoms with Crippen LogP contribution in [0.3, 0.4) is 0 Å². The van der Waals surface area contributed by atoms with Crippen LogP contribution in [-0.2, 0) is 0 Å². The first kappa shape index (κ1) is 15.3. The highest BCUT2D eigenvalue weighted by Gasteiger charge is 2.34. The third-order valence-electron chi connectivity index (χ3n) is 4.89. The van der Waals surface area contributed by atoms with E-state index in [4.69, 9.17) is 4.52 Å². The van der Waals surface area contributed by atoms with Crippen LogP contribution in [0.4, 0.5) is 0 Å². The maximum Gasteiger partial charge on any atom is 0.149 e. The first-order valence-corrected chi connectivity index (χ1v) is 8.96. The molecular formula is C20H19N5O. The highest BCUT2D eigenvalue weighted by molar-refractivity contribution is 5.97. The van der Waals surface area contributed by atoms with Gasteiger partial charge in [0.05, 0.1) is 11.3 Å². The van der Waals surface area contributed by atoms with Gasteiger partial charge in [-0.05, 0) is 38.8 Å². The average Bonchev–Trinajstić information content (AvgIpc) is 3.30. The van der Waals surface area contributed by atoms with E-state index in [1.165, 1.54) is 0 Å². The lowest BCUT2D eigenvalue weighted by Gasteiger charge is -2.07. The van der Waals surface area contributed by atoms with Gasteiger partial charge in [-0.15, -0.1) is 0 Å². The van der Waals surface area contributed by atoms with Gasteiger partial charge in [-0.3, -0.25) is 4.98 Å². The van der Waals surface area contributed by atoms with Gasteiger partial charge in [0.15, 0.2) is 0 Å². The molecule has 0 atom stereocenters. The molecule has 0 amide bonds. The molecule has 0 aromatic carbocycles. The summed E-state index contributed by atoms with van der Waals surface area (Å²) in [6.07, 6.45) is 9.64. The van der Waals surface area contributed by atoms with Gasteiger partial charge in [-0.2, -0.15) is 0 Å². The molecule has 5 rings (SSSR count). The van der Waals surface area contributed by atoms with Gasteiger partial charge in [-0.1, -0.05) is 11.2 Å². The Hall–Kier alpha value is -3.02. The van der Waals surface area contributed by atoms with Crippen molar-refractivity contribution in [2.75, 3.05) is 0 Å². The van der Waals surface area contributed by atoms with E-state index in [0.717, 1.165) is 52.2 Å². The summed E-state index contributed by atoms with van der Waals surface area (Å²) in [5.74, 6) is 1.39. The third kappa shape index (κ3) is 2.33. The Morgan fingerprint density at radius 3 is 2.81 bits per heavy atom. The molecular weight excluding hydrogens is 326 g/mol. The van der Waals surface area contributed by atoms with Gasteiger partial charge in [0.25, 0.3) is 0 Å². The first-order chi connectivity index (χ1) is 12.7. The van der Waals surface area contributed by atoms with Crippen LogP contribution < -0.4 is 0 Å². The second kappa shape index (κ2) is 5.76. The Morgan fingerprint density at radius 1 is 1.19 bits per heavy atom. The largest absolute Gasteiger partial charge is 0.360 e. The summed E-state index contributed by atoms with van der Waals surface area (Å²) >= 11 is 0. The van der Waals surface area contributed by atoms with E-state index in [9.17, 15) is 0 Å². The van der Waals surface area contributed by atoms with Crippen molar-refractivity contribution in [2.45, 2.75) is 38.6 Å². The van der Waals surface area contributed by atoms with Gasteiger partial charge in [-0.25, -0.2) is 9.97 Å². The molecule has 4 aromatic heterocycles. The van der Waals surface area contributed by atoms with Crippen LogP contribution >= 0.6 is 0 Å². The van der Waals surface area contributed by atoms with Crippen LogP contribution in [0.15, 0.2) is 47.6 Å². The van der Waals surface area contributed by atoms with E-state index < -0.39 is 0 Å². The number of hydrogen-bond donors (Lipinski definition) is 0. The SMILES string of the molecule is CC(C)n1cc(-c2noc(C3CC3)c2-c2ccccn2)c2cncnc21. The molecule has 0 radical (unpaired) electrons. The van der Waals surface area contributed by atoms with Crippen molar-refractivity contribution >= 4 is 11.0 Å². The molecule has 0 N–H and O–H groups in total. The molecule has 0 spiro atoms. The Morgan fingerprint density at radius 2 is 2.08 bits per heavy atom. The molecule has 130 valence electrons. The summed E-state index contributed by atoms with van der Waals surface area (Å²) in [5.41, 5.74) is 4.62. The van der Waals surface area contributed by atoms with E-state index >= 15 is 0 Å². The number of aromatic nitrogens is 5. The standard InChI is InChI=1S/C20H19N5O/c1-12(2)25-10-15(14-9-21-11-23-20(14)25)18-17(16-5-3-4-8-22-16)19(26-24-18)13-6-7-13/h3-5,8-13H,6-7H2,1-2H3. The van der Waals surface area contributed by atoms with Gasteiger partial charge >= 0.3 is 0 Å². The van der Waals surface area contributed by atoms with Crippen molar-refractivity contribution < 1.29 is 4.52 Å². The lowest BCUT2D eigenvalue weighted by Crippen LogP contribution is -1.99. The Balaban J connectivity index is 1.79. The molecule has 4 heterocycles. The normalized spacial score (nSPS) is 14.4. The molecule has 0 saturated heterocycles. The number of pyridine rings is 1. The van der Waals surface area contributed by atoms with E-state index in [2.05, 4.69) is 44.7 Å². The quantitative estimate of drug-likeness (QED) is 0.540. The van der Waals surface area contributed by atoms with Crippen LogP contribution in [0.2, 0.25) is 0 Å². The molecule has 1 aliphatic carbocycles. The maximum absolute atomic E-state index is 5.81. The third-order valence-corrected chi connectivity index (χ3v) is 4.89. The summed E-state index contributed by atoms with van der Waals surface area (Å²) in [5, 5.41) is 5.44. The van der Waals surface area contributed by atoms with Crippen molar-refractivity contribution in [1.29, 1.82) is 0 Å². The molecule has 0 unspecified atom stereocenters. The van der Waals surface area contributed by atoms with E-state index in [1.807, 2.05) is 30.6 Å². The number of fused-ring (bicyclic) bond motifs is 1. The predicted molar refractivity (Wildman–Crippen MR) is 98.6 cm³/mol. The molecule has 0 aliphatic heterocycles. The molecule has 1 fully saturated rings. The van der Waals surface area contributed by atoms with E-state index in [-0.39, 0.29) is 6.04 Å². The zero-order chi connectivity index (χ0) is 17.7. The van der Waals surface area contributed by atoms with E-state index in [0.29, 0.717) is 5.92 Å². The fourth-order valence-corrected chi connectivity index (χ4v) is 3.44. The zero-order valence-electron chi connectivity index (χ0n) is 14.8. The molecule has 1 aliphatic rings.